The number of aliphatic imine (C=N–C) groups is 1. The van der Waals surface area contributed by atoms with E-state index in [0.29, 0.717) is 17.9 Å². The first-order chi connectivity index (χ1) is 18.7. The van der Waals surface area contributed by atoms with Crippen LogP contribution in [0, 0.1) is 11.3 Å². The summed E-state index contributed by atoms with van der Waals surface area (Å²) in [6, 6.07) is 38.0. The molecule has 0 radical (unpaired) electrons. The summed E-state index contributed by atoms with van der Waals surface area (Å²) in [6.07, 6.45) is 3.83. The molecule has 0 fully saturated rings. The van der Waals surface area contributed by atoms with Crippen molar-refractivity contribution in [3.05, 3.63) is 137 Å². The Hall–Kier alpha value is -4.85. The van der Waals surface area contributed by atoms with Crippen LogP contribution in [0.2, 0.25) is 5.02 Å². The van der Waals surface area contributed by atoms with Gasteiger partial charge in [0.25, 0.3) is 0 Å². The Kier molecular flexibility index (Phi) is 6.35. The summed E-state index contributed by atoms with van der Waals surface area (Å²) in [4.78, 5) is 4.71. The smallest absolute Gasteiger partial charge is 0.238 e. The summed E-state index contributed by atoms with van der Waals surface area (Å²) in [5.74, 6) is 0.912. The predicted molar refractivity (Wildman–Crippen MR) is 154 cm³/mol. The number of rotatable bonds is 6. The molecule has 4 aromatic carbocycles. The van der Waals surface area contributed by atoms with Gasteiger partial charge in [0.15, 0.2) is 0 Å². The SMILES string of the molecule is N#Cc1c(N=Cc2cn(Cc3ccccc3Cl)c3ccccc23)oc(-c2ccccc2)c1-c1ccccc1. The first kappa shape index (κ1) is 23.5. The normalized spacial score (nSPS) is 11.3. The summed E-state index contributed by atoms with van der Waals surface area (Å²) < 4.78 is 8.45. The fourth-order valence-electron chi connectivity index (χ4n) is 4.73. The number of nitrogens with zero attached hydrogens (tertiary/aromatic N) is 3. The van der Waals surface area contributed by atoms with Crippen molar-refractivity contribution in [3.63, 3.8) is 0 Å². The molecule has 182 valence electrons. The van der Waals surface area contributed by atoms with Gasteiger partial charge in [0, 0.05) is 51.6 Å². The van der Waals surface area contributed by atoms with Crippen molar-refractivity contribution >= 4 is 34.6 Å². The molecular weight excluding hydrogens is 490 g/mol. The Balaban J connectivity index is 1.46. The third kappa shape index (κ3) is 4.41. The van der Waals surface area contributed by atoms with Crippen LogP contribution in [0.5, 0.6) is 0 Å². The highest BCUT2D eigenvalue weighted by atomic mass is 35.5. The fourth-order valence-corrected chi connectivity index (χ4v) is 4.93. The summed E-state index contributed by atoms with van der Waals surface area (Å²) in [5.41, 5.74) is 5.99. The molecular formula is C33H22ClN3O. The highest BCUT2D eigenvalue weighted by Crippen LogP contribution is 2.42. The van der Waals surface area contributed by atoms with Crippen LogP contribution in [0.4, 0.5) is 5.88 Å². The van der Waals surface area contributed by atoms with Crippen molar-refractivity contribution in [3.8, 4) is 28.5 Å². The van der Waals surface area contributed by atoms with Crippen LogP contribution >= 0.6 is 11.6 Å². The second kappa shape index (κ2) is 10.3. The average molecular weight is 512 g/mol. The van der Waals surface area contributed by atoms with E-state index in [1.54, 1.807) is 6.21 Å². The molecule has 0 spiro atoms. The van der Waals surface area contributed by atoms with E-state index in [9.17, 15) is 5.26 Å². The lowest BCUT2D eigenvalue weighted by Crippen LogP contribution is -1.98. The van der Waals surface area contributed by atoms with Gasteiger partial charge in [0.2, 0.25) is 5.88 Å². The summed E-state index contributed by atoms with van der Waals surface area (Å²) in [5, 5.41) is 12.0. The van der Waals surface area contributed by atoms with Gasteiger partial charge >= 0.3 is 0 Å². The van der Waals surface area contributed by atoms with Crippen LogP contribution in [0.25, 0.3) is 33.4 Å². The third-order valence-corrected chi connectivity index (χ3v) is 6.91. The summed E-state index contributed by atoms with van der Waals surface area (Å²) >= 11 is 6.44. The number of para-hydroxylation sites is 1. The van der Waals surface area contributed by atoms with Crippen LogP contribution < -0.4 is 0 Å². The molecule has 0 N–H and O–H groups in total. The third-order valence-electron chi connectivity index (χ3n) is 6.54. The molecule has 2 heterocycles. The monoisotopic (exact) mass is 511 g/mol. The van der Waals surface area contributed by atoms with Gasteiger partial charge in [-0.15, -0.1) is 0 Å². The number of furan rings is 1. The van der Waals surface area contributed by atoms with E-state index in [0.717, 1.165) is 43.7 Å². The second-order valence-corrected chi connectivity index (χ2v) is 9.32. The van der Waals surface area contributed by atoms with E-state index in [1.165, 1.54) is 0 Å². The van der Waals surface area contributed by atoms with Crippen molar-refractivity contribution in [1.82, 2.24) is 4.57 Å². The average Bonchev–Trinajstić information content (AvgIpc) is 3.52. The summed E-state index contributed by atoms with van der Waals surface area (Å²) in [7, 11) is 0. The van der Waals surface area contributed by atoms with E-state index < -0.39 is 0 Å². The maximum absolute atomic E-state index is 10.2. The first-order valence-corrected chi connectivity index (χ1v) is 12.6. The molecule has 0 saturated carbocycles. The molecule has 2 aromatic heterocycles. The standard InChI is InChI=1S/C33H22ClN3O/c34-29-17-9-7-15-25(29)21-37-22-26(27-16-8-10-18-30(27)37)20-36-33-28(19-35)31(23-11-3-1-4-12-23)32(38-33)24-13-5-2-6-14-24/h1-18,20,22H,21H2. The van der Waals surface area contributed by atoms with Crippen molar-refractivity contribution in [2.45, 2.75) is 6.54 Å². The number of hydrogen-bond acceptors (Lipinski definition) is 3. The Morgan fingerprint density at radius 3 is 2.21 bits per heavy atom. The maximum atomic E-state index is 10.2. The topological polar surface area (TPSA) is 54.2 Å². The molecule has 0 aliphatic rings. The van der Waals surface area contributed by atoms with Gasteiger partial charge in [-0.05, 0) is 23.3 Å². The van der Waals surface area contributed by atoms with E-state index in [4.69, 9.17) is 21.0 Å². The highest BCUT2D eigenvalue weighted by molar-refractivity contribution is 6.31. The molecule has 6 rings (SSSR count). The van der Waals surface area contributed by atoms with Crippen LogP contribution in [0.15, 0.2) is 125 Å². The minimum atomic E-state index is 0.285. The van der Waals surface area contributed by atoms with Crippen molar-refractivity contribution < 1.29 is 4.42 Å². The van der Waals surface area contributed by atoms with Crippen molar-refractivity contribution in [2.24, 2.45) is 4.99 Å². The Labute approximate surface area is 225 Å². The van der Waals surface area contributed by atoms with Gasteiger partial charge < -0.3 is 8.98 Å². The van der Waals surface area contributed by atoms with Gasteiger partial charge in [-0.2, -0.15) is 5.26 Å². The van der Waals surface area contributed by atoms with Crippen LogP contribution in [0.1, 0.15) is 16.7 Å². The molecule has 0 aliphatic heterocycles. The molecule has 38 heavy (non-hydrogen) atoms. The van der Waals surface area contributed by atoms with E-state index in [-0.39, 0.29) is 5.88 Å². The Morgan fingerprint density at radius 1 is 0.816 bits per heavy atom. The van der Waals surface area contributed by atoms with E-state index in [1.807, 2.05) is 97.1 Å². The molecule has 0 aliphatic carbocycles. The van der Waals surface area contributed by atoms with Gasteiger partial charge in [0.05, 0.1) is 0 Å². The molecule has 6 aromatic rings. The van der Waals surface area contributed by atoms with Crippen LogP contribution in [-0.4, -0.2) is 10.8 Å². The van der Waals surface area contributed by atoms with E-state index in [2.05, 4.69) is 29.0 Å². The van der Waals surface area contributed by atoms with Gasteiger partial charge in [0.1, 0.15) is 17.4 Å². The first-order valence-electron chi connectivity index (χ1n) is 12.3. The molecule has 4 nitrogen and oxygen atoms in total. The predicted octanol–water partition coefficient (Wildman–Crippen LogP) is 8.89. The summed E-state index contributed by atoms with van der Waals surface area (Å²) in [6.45, 7) is 0.633. The molecule has 0 bridgehead atoms. The highest BCUT2D eigenvalue weighted by Gasteiger charge is 2.22. The number of nitriles is 1. The number of halogens is 1. The molecule has 0 unspecified atom stereocenters. The largest absolute Gasteiger partial charge is 0.436 e. The zero-order valence-electron chi connectivity index (χ0n) is 20.4. The number of benzene rings is 4. The van der Waals surface area contributed by atoms with Crippen molar-refractivity contribution in [1.29, 1.82) is 5.26 Å². The van der Waals surface area contributed by atoms with Gasteiger partial charge in [-0.1, -0.05) is 109 Å². The van der Waals surface area contributed by atoms with Gasteiger partial charge in [-0.25, -0.2) is 4.99 Å². The fraction of sp³-hybridized carbons (Fsp3) is 0.0303. The Morgan fingerprint density at radius 2 is 1.47 bits per heavy atom. The zero-order chi connectivity index (χ0) is 25.9. The number of aromatic nitrogens is 1. The Bertz CT molecular complexity index is 1810. The van der Waals surface area contributed by atoms with Crippen LogP contribution in [0.3, 0.4) is 0 Å². The number of fused-ring (bicyclic) bond motifs is 1. The minimum absolute atomic E-state index is 0.285. The maximum Gasteiger partial charge on any atom is 0.238 e. The van der Waals surface area contributed by atoms with Gasteiger partial charge in [-0.3, -0.25) is 0 Å². The molecule has 0 atom stereocenters. The minimum Gasteiger partial charge on any atom is -0.436 e. The molecule has 0 amide bonds. The lowest BCUT2D eigenvalue weighted by molar-refractivity contribution is 0.593. The van der Waals surface area contributed by atoms with Crippen LogP contribution in [-0.2, 0) is 6.54 Å². The van der Waals surface area contributed by atoms with Crippen molar-refractivity contribution in [2.75, 3.05) is 0 Å². The second-order valence-electron chi connectivity index (χ2n) is 8.91. The molecule has 0 saturated heterocycles. The lowest BCUT2D eigenvalue weighted by Gasteiger charge is -2.07. The number of hydrogen-bond donors (Lipinski definition) is 0. The van der Waals surface area contributed by atoms with E-state index >= 15 is 0 Å². The zero-order valence-corrected chi connectivity index (χ0v) is 21.1. The lowest BCUT2D eigenvalue weighted by atomic mass is 9.98. The molecule has 5 heteroatoms. The quantitative estimate of drug-likeness (QED) is 0.210.